The molecule has 0 amide bonds. The second kappa shape index (κ2) is 11.1. The molecule has 0 heterocycles. The molecule has 0 aliphatic heterocycles. The van der Waals surface area contributed by atoms with Crippen LogP contribution in [-0.2, 0) is 4.57 Å². The van der Waals surface area contributed by atoms with Crippen molar-refractivity contribution in [2.24, 2.45) is 5.92 Å². The van der Waals surface area contributed by atoms with E-state index in [1.54, 1.807) is 4.91 Å². The van der Waals surface area contributed by atoms with E-state index in [1.165, 1.54) is 32.1 Å². The fraction of sp³-hybridized carbons (Fsp3) is 0.500. The van der Waals surface area contributed by atoms with Crippen molar-refractivity contribution < 1.29 is 4.57 Å². The second-order valence-corrected chi connectivity index (χ2v) is 13.7. The minimum atomic E-state index is -2.72. The summed E-state index contributed by atoms with van der Waals surface area (Å²) >= 11 is 2.16. The van der Waals surface area contributed by atoms with E-state index in [4.69, 9.17) is 0 Å². The van der Waals surface area contributed by atoms with Crippen LogP contribution < -0.4 is 10.6 Å². The third-order valence-electron chi connectivity index (χ3n) is 7.12. The van der Waals surface area contributed by atoms with E-state index in [-0.39, 0.29) is 5.66 Å². The minimum absolute atomic E-state index is 0.220. The summed E-state index contributed by atoms with van der Waals surface area (Å²) in [6.07, 6.45) is 15.0. The van der Waals surface area contributed by atoms with Gasteiger partial charge in [0.25, 0.3) is 0 Å². The maximum absolute atomic E-state index is 15.1. The molecular weight excluding hydrogens is 415 g/mol. The van der Waals surface area contributed by atoms with Gasteiger partial charge in [0.15, 0.2) is 0 Å². The topological polar surface area (TPSA) is 17.1 Å². The SMILES string of the molecule is CCC[C@H]1CC(SC2CCCCC2)=CCC[C@@H]1P(=O)(c1ccccc1)c1ccccc1. The Morgan fingerprint density at radius 2 is 1.48 bits per heavy atom. The van der Waals surface area contributed by atoms with Gasteiger partial charge in [-0.3, -0.25) is 0 Å². The van der Waals surface area contributed by atoms with Gasteiger partial charge in [-0.15, -0.1) is 11.8 Å². The monoisotopic (exact) mass is 452 g/mol. The highest BCUT2D eigenvalue weighted by atomic mass is 32.2. The van der Waals surface area contributed by atoms with E-state index >= 15 is 4.57 Å². The molecule has 2 aliphatic rings. The van der Waals surface area contributed by atoms with Crippen molar-refractivity contribution in [2.45, 2.75) is 82.0 Å². The summed E-state index contributed by atoms with van der Waals surface area (Å²) in [5.74, 6) is 0.487. The molecule has 0 radical (unpaired) electrons. The third kappa shape index (κ3) is 5.40. The standard InChI is InChI=1S/C28H37OPS/c1-2-13-23-22-27(31-26-18-10-5-11-19-26)20-12-21-28(23)30(29,24-14-6-3-7-15-24)25-16-8-4-9-17-25/h3-4,6-9,14-17,20,23,26,28H,2,5,10-13,18-19,21-22H2,1H3/t23-,28-/m0/s1. The van der Waals surface area contributed by atoms with E-state index < -0.39 is 7.14 Å². The van der Waals surface area contributed by atoms with Crippen molar-refractivity contribution in [3.8, 4) is 0 Å². The van der Waals surface area contributed by atoms with Crippen LogP contribution in [0.15, 0.2) is 71.6 Å². The minimum Gasteiger partial charge on any atom is -0.313 e. The molecule has 2 aromatic carbocycles. The van der Waals surface area contributed by atoms with Gasteiger partial charge >= 0.3 is 0 Å². The second-order valence-electron chi connectivity index (χ2n) is 9.27. The summed E-state index contributed by atoms with van der Waals surface area (Å²) in [6, 6.07) is 20.7. The molecule has 0 spiro atoms. The average molecular weight is 453 g/mol. The number of thioether (sulfide) groups is 1. The van der Waals surface area contributed by atoms with E-state index in [0.29, 0.717) is 5.92 Å². The van der Waals surface area contributed by atoms with Gasteiger partial charge in [0.1, 0.15) is 7.14 Å². The summed E-state index contributed by atoms with van der Waals surface area (Å²) in [5, 5.41) is 2.88. The summed E-state index contributed by atoms with van der Waals surface area (Å²) in [4.78, 5) is 1.58. The molecule has 0 unspecified atom stereocenters. The summed E-state index contributed by atoms with van der Waals surface area (Å²) in [6.45, 7) is 2.29. The first-order valence-corrected chi connectivity index (χ1v) is 14.9. The molecule has 31 heavy (non-hydrogen) atoms. The fourth-order valence-electron chi connectivity index (χ4n) is 5.60. The van der Waals surface area contributed by atoms with Gasteiger partial charge < -0.3 is 4.57 Å². The Kier molecular flexibility index (Phi) is 8.18. The van der Waals surface area contributed by atoms with Crippen LogP contribution in [0.5, 0.6) is 0 Å². The van der Waals surface area contributed by atoms with Crippen LogP contribution >= 0.6 is 18.9 Å². The number of rotatable bonds is 7. The van der Waals surface area contributed by atoms with Crippen LogP contribution in [0.3, 0.4) is 0 Å². The van der Waals surface area contributed by atoms with E-state index in [9.17, 15) is 0 Å². The van der Waals surface area contributed by atoms with Crippen LogP contribution in [0.4, 0.5) is 0 Å². The van der Waals surface area contributed by atoms with Gasteiger partial charge in [-0.05, 0) is 49.3 Å². The maximum Gasteiger partial charge on any atom is 0.146 e. The van der Waals surface area contributed by atoms with Gasteiger partial charge in [0, 0.05) is 21.5 Å². The number of hydrogen-bond donors (Lipinski definition) is 0. The lowest BCUT2D eigenvalue weighted by molar-refractivity contribution is 0.438. The largest absolute Gasteiger partial charge is 0.313 e. The van der Waals surface area contributed by atoms with Gasteiger partial charge in [0.2, 0.25) is 0 Å². The molecule has 0 aromatic heterocycles. The molecule has 1 fully saturated rings. The molecule has 1 saturated carbocycles. The Morgan fingerprint density at radius 3 is 2.06 bits per heavy atom. The van der Waals surface area contributed by atoms with Crippen molar-refractivity contribution in [3.05, 3.63) is 71.6 Å². The van der Waals surface area contributed by atoms with E-state index in [1.807, 2.05) is 12.1 Å². The Bertz CT molecular complexity index is 842. The van der Waals surface area contributed by atoms with Gasteiger partial charge in [-0.1, -0.05) is 99.3 Å². The maximum atomic E-state index is 15.1. The first-order chi connectivity index (χ1) is 15.2. The van der Waals surface area contributed by atoms with Gasteiger partial charge in [0.05, 0.1) is 0 Å². The summed E-state index contributed by atoms with van der Waals surface area (Å²) < 4.78 is 15.1. The highest BCUT2D eigenvalue weighted by molar-refractivity contribution is 8.03. The first-order valence-electron chi connectivity index (χ1n) is 12.3. The van der Waals surface area contributed by atoms with Crippen molar-refractivity contribution in [1.29, 1.82) is 0 Å². The lowest BCUT2D eigenvalue weighted by Crippen LogP contribution is -2.31. The number of allylic oxidation sites excluding steroid dienone is 2. The normalized spacial score (nSPS) is 23.2. The lowest BCUT2D eigenvalue weighted by atomic mass is 9.95. The highest BCUT2D eigenvalue weighted by Gasteiger charge is 2.41. The zero-order valence-corrected chi connectivity index (χ0v) is 20.6. The molecule has 4 rings (SSSR count). The summed E-state index contributed by atoms with van der Waals surface area (Å²) in [7, 11) is -2.72. The quantitative estimate of drug-likeness (QED) is 0.397. The van der Waals surface area contributed by atoms with Gasteiger partial charge in [-0.25, -0.2) is 0 Å². The first kappa shape index (κ1) is 22.9. The Hall–Kier alpha value is -1.24. The van der Waals surface area contributed by atoms with Crippen LogP contribution in [-0.4, -0.2) is 10.9 Å². The molecule has 2 aromatic rings. The van der Waals surface area contributed by atoms with Gasteiger partial charge in [-0.2, -0.15) is 0 Å². The molecule has 166 valence electrons. The van der Waals surface area contributed by atoms with E-state index in [2.05, 4.69) is 73.3 Å². The molecule has 0 bridgehead atoms. The number of hydrogen-bond acceptors (Lipinski definition) is 2. The molecular formula is C28H37OPS. The smallest absolute Gasteiger partial charge is 0.146 e. The average Bonchev–Trinajstić information content (AvgIpc) is 3.03. The lowest BCUT2D eigenvalue weighted by Gasteiger charge is -2.34. The Labute approximate surface area is 193 Å². The molecule has 0 saturated heterocycles. The highest BCUT2D eigenvalue weighted by Crippen LogP contribution is 2.56. The van der Waals surface area contributed by atoms with Crippen LogP contribution in [0.25, 0.3) is 0 Å². The zero-order chi connectivity index (χ0) is 21.5. The van der Waals surface area contributed by atoms with Crippen LogP contribution in [0.1, 0.15) is 71.1 Å². The van der Waals surface area contributed by atoms with Crippen molar-refractivity contribution >= 4 is 29.5 Å². The number of benzene rings is 2. The van der Waals surface area contributed by atoms with Crippen molar-refractivity contribution in [1.82, 2.24) is 0 Å². The van der Waals surface area contributed by atoms with Crippen molar-refractivity contribution in [3.63, 3.8) is 0 Å². The fourth-order valence-corrected chi connectivity index (χ4v) is 10.8. The molecule has 2 atom stereocenters. The molecule has 0 N–H and O–H groups in total. The Morgan fingerprint density at radius 1 is 0.871 bits per heavy atom. The molecule has 1 nitrogen and oxygen atoms in total. The van der Waals surface area contributed by atoms with Crippen molar-refractivity contribution in [2.75, 3.05) is 0 Å². The predicted molar refractivity (Wildman–Crippen MR) is 138 cm³/mol. The van der Waals surface area contributed by atoms with E-state index in [0.717, 1.165) is 48.0 Å². The van der Waals surface area contributed by atoms with Crippen LogP contribution in [0, 0.1) is 5.92 Å². The molecule has 2 aliphatic carbocycles. The third-order valence-corrected chi connectivity index (χ3v) is 12.3. The molecule has 3 heteroatoms. The Balaban J connectivity index is 1.65. The summed E-state index contributed by atoms with van der Waals surface area (Å²) in [5.41, 5.74) is 0.220. The predicted octanol–water partition coefficient (Wildman–Crippen LogP) is 7.92. The van der Waals surface area contributed by atoms with Crippen LogP contribution in [0.2, 0.25) is 0 Å². The zero-order valence-electron chi connectivity index (χ0n) is 18.9.